The van der Waals surface area contributed by atoms with Gasteiger partial charge in [0.25, 0.3) is 0 Å². The molecule has 2 aromatic carbocycles. The van der Waals surface area contributed by atoms with Crippen molar-refractivity contribution in [1.29, 1.82) is 0 Å². The van der Waals surface area contributed by atoms with Crippen LogP contribution in [0, 0.1) is 0 Å². The number of rotatable bonds is 6. The molecule has 0 aliphatic rings. The minimum absolute atomic E-state index is 0.115. The lowest BCUT2D eigenvalue weighted by molar-refractivity contribution is -0.133. The van der Waals surface area contributed by atoms with Gasteiger partial charge in [-0.1, -0.05) is 41.4 Å². The van der Waals surface area contributed by atoms with Crippen LogP contribution in [0.15, 0.2) is 42.5 Å². The molecule has 0 radical (unpaired) electrons. The highest BCUT2D eigenvalue weighted by Crippen LogP contribution is 2.27. The molecule has 0 aromatic heterocycles. The molecule has 0 aliphatic carbocycles. The monoisotopic (exact) mass is 380 g/mol. The third kappa shape index (κ3) is 5.37. The molecule has 25 heavy (non-hydrogen) atoms. The van der Waals surface area contributed by atoms with Gasteiger partial charge in [0.2, 0.25) is 11.8 Å². The molecule has 7 heteroatoms. The Kier molecular flexibility index (Phi) is 6.67. The molecular formula is C18H18Cl2N2O3. The molecule has 0 saturated carbocycles. The van der Waals surface area contributed by atoms with Crippen molar-refractivity contribution in [3.05, 3.63) is 58.1 Å². The molecule has 132 valence electrons. The summed E-state index contributed by atoms with van der Waals surface area (Å²) in [7, 11) is 1.50. The van der Waals surface area contributed by atoms with Crippen molar-refractivity contribution in [3.8, 4) is 5.75 Å². The highest BCUT2D eigenvalue weighted by atomic mass is 35.5. The highest BCUT2D eigenvalue weighted by Gasteiger charge is 2.17. The first-order valence-corrected chi connectivity index (χ1v) is 8.28. The average Bonchev–Trinajstić information content (AvgIpc) is 2.56. The van der Waals surface area contributed by atoms with Gasteiger partial charge in [-0.05, 0) is 29.8 Å². The molecule has 5 nitrogen and oxygen atoms in total. The van der Waals surface area contributed by atoms with Crippen LogP contribution >= 0.6 is 23.2 Å². The Morgan fingerprint density at radius 2 is 1.88 bits per heavy atom. The highest BCUT2D eigenvalue weighted by molar-refractivity contribution is 6.31. The van der Waals surface area contributed by atoms with Crippen LogP contribution in [-0.4, -0.2) is 30.4 Å². The predicted octanol–water partition coefficient (Wildman–Crippen LogP) is 3.99. The standard InChI is InChI=1S/C18H18Cl2N2O3/c1-12(23)22(10-13-5-3-4-6-15(13)20)11-18(24)21-16-9-14(19)7-8-17(16)25-2/h3-9H,10-11H2,1-2H3,(H,21,24). The Morgan fingerprint density at radius 1 is 1.16 bits per heavy atom. The van der Waals surface area contributed by atoms with Gasteiger partial charge in [0, 0.05) is 23.5 Å². The molecule has 2 rings (SSSR count). The van der Waals surface area contributed by atoms with Crippen molar-refractivity contribution in [2.75, 3.05) is 19.0 Å². The van der Waals surface area contributed by atoms with E-state index in [1.807, 2.05) is 18.2 Å². The van der Waals surface area contributed by atoms with Crippen molar-refractivity contribution in [2.24, 2.45) is 0 Å². The zero-order chi connectivity index (χ0) is 18.4. The molecular weight excluding hydrogens is 363 g/mol. The van der Waals surface area contributed by atoms with Crippen molar-refractivity contribution >= 4 is 40.7 Å². The van der Waals surface area contributed by atoms with E-state index in [0.717, 1.165) is 5.56 Å². The number of ether oxygens (including phenoxy) is 1. The predicted molar refractivity (Wildman–Crippen MR) is 99.2 cm³/mol. The fraction of sp³-hybridized carbons (Fsp3) is 0.222. The lowest BCUT2D eigenvalue weighted by atomic mass is 10.2. The van der Waals surface area contributed by atoms with E-state index in [-0.39, 0.29) is 24.9 Å². The number of halogens is 2. The lowest BCUT2D eigenvalue weighted by Gasteiger charge is -2.21. The zero-order valence-electron chi connectivity index (χ0n) is 13.9. The summed E-state index contributed by atoms with van der Waals surface area (Å²) in [5.41, 5.74) is 1.22. The Balaban J connectivity index is 2.09. The van der Waals surface area contributed by atoms with Gasteiger partial charge in [-0.15, -0.1) is 0 Å². The topological polar surface area (TPSA) is 58.6 Å². The number of hydrogen-bond acceptors (Lipinski definition) is 3. The SMILES string of the molecule is COc1ccc(Cl)cc1NC(=O)CN(Cc1ccccc1Cl)C(C)=O. The van der Waals surface area contributed by atoms with E-state index in [1.54, 1.807) is 24.3 Å². The van der Waals surface area contributed by atoms with E-state index in [4.69, 9.17) is 27.9 Å². The van der Waals surface area contributed by atoms with Gasteiger partial charge < -0.3 is 15.0 Å². The molecule has 0 unspecified atom stereocenters. The summed E-state index contributed by atoms with van der Waals surface area (Å²) in [4.78, 5) is 25.6. The number of carbonyl (C=O) groups excluding carboxylic acids is 2. The van der Waals surface area contributed by atoms with E-state index in [9.17, 15) is 9.59 Å². The summed E-state index contributed by atoms with van der Waals surface area (Å²) in [6.07, 6.45) is 0. The van der Waals surface area contributed by atoms with E-state index in [2.05, 4.69) is 5.32 Å². The minimum atomic E-state index is -0.358. The summed E-state index contributed by atoms with van der Waals surface area (Å²) >= 11 is 12.1. The maximum Gasteiger partial charge on any atom is 0.244 e. The first kappa shape index (κ1) is 19.1. The molecule has 2 amide bonds. The normalized spacial score (nSPS) is 10.2. The van der Waals surface area contributed by atoms with Crippen LogP contribution in [0.4, 0.5) is 5.69 Å². The summed E-state index contributed by atoms with van der Waals surface area (Å²) in [5, 5.41) is 3.73. The molecule has 1 N–H and O–H groups in total. The maximum atomic E-state index is 12.3. The third-order valence-electron chi connectivity index (χ3n) is 3.53. The number of nitrogens with zero attached hydrogens (tertiary/aromatic N) is 1. The number of nitrogens with one attached hydrogen (secondary N) is 1. The van der Waals surface area contributed by atoms with E-state index >= 15 is 0 Å². The summed E-state index contributed by atoms with van der Waals surface area (Å²) in [6, 6.07) is 12.1. The van der Waals surface area contributed by atoms with Crippen LogP contribution < -0.4 is 10.1 Å². The minimum Gasteiger partial charge on any atom is -0.495 e. The van der Waals surface area contributed by atoms with E-state index in [0.29, 0.717) is 21.5 Å². The number of hydrogen-bond donors (Lipinski definition) is 1. The Bertz CT molecular complexity index is 781. The van der Waals surface area contributed by atoms with E-state index in [1.165, 1.54) is 18.9 Å². The van der Waals surface area contributed by atoms with Crippen molar-refractivity contribution in [3.63, 3.8) is 0 Å². The van der Waals surface area contributed by atoms with Crippen LogP contribution in [-0.2, 0) is 16.1 Å². The fourth-order valence-corrected chi connectivity index (χ4v) is 2.62. The first-order chi connectivity index (χ1) is 11.9. The Labute approximate surface area is 156 Å². The molecule has 0 aliphatic heterocycles. The van der Waals surface area contributed by atoms with Crippen LogP contribution in [0.3, 0.4) is 0 Å². The molecule has 0 saturated heterocycles. The van der Waals surface area contributed by atoms with Gasteiger partial charge in [0.05, 0.1) is 12.8 Å². The van der Waals surface area contributed by atoms with Crippen LogP contribution in [0.2, 0.25) is 10.0 Å². The van der Waals surface area contributed by atoms with Crippen LogP contribution in [0.5, 0.6) is 5.75 Å². The summed E-state index contributed by atoms with van der Waals surface area (Å²) in [6.45, 7) is 1.54. The molecule has 0 fully saturated rings. The summed E-state index contributed by atoms with van der Waals surface area (Å²) < 4.78 is 5.19. The van der Waals surface area contributed by atoms with Gasteiger partial charge in [0.1, 0.15) is 12.3 Å². The van der Waals surface area contributed by atoms with Crippen molar-refractivity contribution in [2.45, 2.75) is 13.5 Å². The number of carbonyl (C=O) groups is 2. The van der Waals surface area contributed by atoms with E-state index < -0.39 is 0 Å². The Morgan fingerprint density at radius 3 is 2.52 bits per heavy atom. The van der Waals surface area contributed by atoms with Crippen LogP contribution in [0.1, 0.15) is 12.5 Å². The maximum absolute atomic E-state index is 12.3. The van der Waals surface area contributed by atoms with Crippen molar-refractivity contribution in [1.82, 2.24) is 4.90 Å². The van der Waals surface area contributed by atoms with Gasteiger partial charge in [-0.3, -0.25) is 9.59 Å². The Hall–Kier alpha value is -2.24. The zero-order valence-corrected chi connectivity index (χ0v) is 15.4. The summed E-state index contributed by atoms with van der Waals surface area (Å²) in [5.74, 6) is -0.103. The van der Waals surface area contributed by atoms with Crippen LogP contribution in [0.25, 0.3) is 0 Å². The molecule has 2 aromatic rings. The number of benzene rings is 2. The number of methoxy groups -OCH3 is 1. The van der Waals surface area contributed by atoms with Gasteiger partial charge in [-0.2, -0.15) is 0 Å². The van der Waals surface area contributed by atoms with Crippen molar-refractivity contribution < 1.29 is 14.3 Å². The van der Waals surface area contributed by atoms with Gasteiger partial charge in [-0.25, -0.2) is 0 Å². The first-order valence-electron chi connectivity index (χ1n) is 7.53. The second-order valence-corrected chi connectivity index (χ2v) is 6.20. The average molecular weight is 381 g/mol. The second-order valence-electron chi connectivity index (χ2n) is 5.36. The quantitative estimate of drug-likeness (QED) is 0.823. The van der Waals surface area contributed by atoms with Gasteiger partial charge in [0.15, 0.2) is 0 Å². The molecule has 0 spiro atoms. The largest absolute Gasteiger partial charge is 0.495 e. The number of amides is 2. The number of anilines is 1. The molecule has 0 bridgehead atoms. The second kappa shape index (κ2) is 8.74. The van der Waals surface area contributed by atoms with Gasteiger partial charge >= 0.3 is 0 Å². The lowest BCUT2D eigenvalue weighted by Crippen LogP contribution is -2.36. The fourth-order valence-electron chi connectivity index (χ4n) is 2.25. The smallest absolute Gasteiger partial charge is 0.244 e. The third-order valence-corrected chi connectivity index (χ3v) is 4.14. The molecule has 0 heterocycles. The molecule has 0 atom stereocenters.